The van der Waals surface area contributed by atoms with Crippen LogP contribution in [0.4, 0.5) is 4.39 Å². The second kappa shape index (κ2) is 7.27. The Morgan fingerprint density at radius 1 is 1.22 bits per heavy atom. The number of amides is 1. The third kappa shape index (κ3) is 4.41. The zero-order chi connectivity index (χ0) is 13.4. The molecule has 1 rings (SSSR count). The van der Waals surface area contributed by atoms with Gasteiger partial charge in [-0.2, -0.15) is 0 Å². The molecule has 4 heteroatoms. The topological polar surface area (TPSA) is 29.5 Å². The number of rotatable bonds is 7. The van der Waals surface area contributed by atoms with Gasteiger partial charge in [0.05, 0.1) is 0 Å². The van der Waals surface area contributed by atoms with Crippen LogP contribution in [-0.4, -0.2) is 30.5 Å². The summed E-state index contributed by atoms with van der Waals surface area (Å²) in [5.74, 6) is -0.0466. The maximum absolute atomic E-state index is 12.7. The minimum Gasteiger partial charge on any atom is -0.484 e. The van der Waals surface area contributed by atoms with Crippen molar-refractivity contribution in [2.24, 2.45) is 0 Å². The van der Waals surface area contributed by atoms with Crippen LogP contribution in [0, 0.1) is 5.82 Å². The summed E-state index contributed by atoms with van der Waals surface area (Å²) in [5, 5.41) is 0. The lowest BCUT2D eigenvalue weighted by molar-refractivity contribution is -0.132. The van der Waals surface area contributed by atoms with Crippen LogP contribution in [0.1, 0.15) is 0 Å². The van der Waals surface area contributed by atoms with Gasteiger partial charge in [0.2, 0.25) is 0 Å². The van der Waals surface area contributed by atoms with E-state index < -0.39 is 0 Å². The molecule has 0 heterocycles. The van der Waals surface area contributed by atoms with E-state index in [1.807, 2.05) is 0 Å². The second-order valence-corrected chi connectivity index (χ2v) is 3.62. The normalized spacial score (nSPS) is 9.61. The highest BCUT2D eigenvalue weighted by Gasteiger charge is 2.11. The summed E-state index contributed by atoms with van der Waals surface area (Å²) in [4.78, 5) is 13.4. The molecule has 3 nitrogen and oxygen atoms in total. The lowest BCUT2D eigenvalue weighted by Crippen LogP contribution is -2.35. The Hall–Kier alpha value is -2.10. The Morgan fingerprint density at radius 2 is 1.78 bits per heavy atom. The van der Waals surface area contributed by atoms with E-state index >= 15 is 0 Å². The summed E-state index contributed by atoms with van der Waals surface area (Å²) < 4.78 is 17.9. The van der Waals surface area contributed by atoms with E-state index in [0.29, 0.717) is 18.8 Å². The first-order valence-corrected chi connectivity index (χ1v) is 5.55. The number of ether oxygens (including phenoxy) is 1. The van der Waals surface area contributed by atoms with Crippen molar-refractivity contribution in [1.82, 2.24) is 4.90 Å². The molecule has 0 atom stereocenters. The van der Waals surface area contributed by atoms with E-state index in [-0.39, 0.29) is 18.3 Å². The van der Waals surface area contributed by atoms with Crippen molar-refractivity contribution < 1.29 is 13.9 Å². The van der Waals surface area contributed by atoms with Crippen LogP contribution >= 0.6 is 0 Å². The molecule has 18 heavy (non-hydrogen) atoms. The summed E-state index contributed by atoms with van der Waals surface area (Å²) in [7, 11) is 0. The van der Waals surface area contributed by atoms with Gasteiger partial charge in [0, 0.05) is 13.1 Å². The third-order valence-electron chi connectivity index (χ3n) is 2.23. The van der Waals surface area contributed by atoms with Crippen molar-refractivity contribution in [1.29, 1.82) is 0 Å². The summed E-state index contributed by atoms with van der Waals surface area (Å²) in [6.45, 7) is 7.96. The van der Waals surface area contributed by atoms with Crippen LogP contribution < -0.4 is 4.74 Å². The molecule has 96 valence electrons. The Balaban J connectivity index is 2.50. The molecule has 1 aromatic carbocycles. The van der Waals surface area contributed by atoms with Crippen molar-refractivity contribution in [3.8, 4) is 5.75 Å². The van der Waals surface area contributed by atoms with E-state index in [1.54, 1.807) is 17.1 Å². The molecule has 0 fully saturated rings. The minimum absolute atomic E-state index is 0.0900. The van der Waals surface area contributed by atoms with Gasteiger partial charge in [0.15, 0.2) is 6.61 Å². The molecule has 1 aromatic rings. The maximum atomic E-state index is 12.7. The van der Waals surface area contributed by atoms with Crippen LogP contribution in [0.5, 0.6) is 5.75 Å². The van der Waals surface area contributed by atoms with E-state index in [9.17, 15) is 9.18 Å². The van der Waals surface area contributed by atoms with E-state index in [0.717, 1.165) is 0 Å². The lowest BCUT2D eigenvalue weighted by atomic mass is 10.3. The molecule has 0 unspecified atom stereocenters. The fraction of sp³-hybridized carbons (Fsp3) is 0.214. The van der Waals surface area contributed by atoms with Gasteiger partial charge in [-0.3, -0.25) is 4.79 Å². The van der Waals surface area contributed by atoms with Crippen LogP contribution in [0.25, 0.3) is 0 Å². The number of carbonyl (C=O) groups is 1. The first-order chi connectivity index (χ1) is 8.67. The van der Waals surface area contributed by atoms with Crippen LogP contribution in [-0.2, 0) is 4.79 Å². The zero-order valence-corrected chi connectivity index (χ0v) is 10.1. The van der Waals surface area contributed by atoms with Crippen molar-refractivity contribution in [3.63, 3.8) is 0 Å². The largest absolute Gasteiger partial charge is 0.484 e. The molecule has 0 spiro atoms. The Bertz CT molecular complexity index is 404. The van der Waals surface area contributed by atoms with Gasteiger partial charge in [-0.25, -0.2) is 4.39 Å². The quantitative estimate of drug-likeness (QED) is 0.694. The highest BCUT2D eigenvalue weighted by Crippen LogP contribution is 2.11. The lowest BCUT2D eigenvalue weighted by Gasteiger charge is -2.19. The number of hydrogen-bond acceptors (Lipinski definition) is 2. The zero-order valence-electron chi connectivity index (χ0n) is 10.1. The molecular weight excluding hydrogens is 233 g/mol. The fourth-order valence-electron chi connectivity index (χ4n) is 1.36. The smallest absolute Gasteiger partial charge is 0.261 e. The predicted octanol–water partition coefficient (Wildman–Crippen LogP) is 2.41. The predicted molar refractivity (Wildman–Crippen MR) is 68.9 cm³/mol. The first-order valence-electron chi connectivity index (χ1n) is 5.55. The van der Waals surface area contributed by atoms with Gasteiger partial charge in [-0.1, -0.05) is 12.2 Å². The van der Waals surface area contributed by atoms with Gasteiger partial charge in [0.25, 0.3) is 5.91 Å². The van der Waals surface area contributed by atoms with E-state index in [4.69, 9.17) is 4.74 Å². The molecule has 0 aliphatic rings. The van der Waals surface area contributed by atoms with E-state index in [2.05, 4.69) is 13.2 Å². The Morgan fingerprint density at radius 3 is 2.28 bits per heavy atom. The molecule has 0 saturated heterocycles. The average molecular weight is 249 g/mol. The van der Waals surface area contributed by atoms with Crippen molar-refractivity contribution in [2.45, 2.75) is 0 Å². The summed E-state index contributed by atoms with van der Waals surface area (Å²) in [6, 6.07) is 5.53. The van der Waals surface area contributed by atoms with Gasteiger partial charge < -0.3 is 9.64 Å². The number of hydrogen-bond donors (Lipinski definition) is 0. The number of benzene rings is 1. The summed E-state index contributed by atoms with van der Waals surface area (Å²) in [5.41, 5.74) is 0. The first kappa shape index (κ1) is 14.0. The molecular formula is C14H16FNO2. The SMILES string of the molecule is C=CCN(CC=C)C(=O)COc1ccc(F)cc1. The highest BCUT2D eigenvalue weighted by atomic mass is 19.1. The van der Waals surface area contributed by atoms with Crippen LogP contribution in [0.3, 0.4) is 0 Å². The Labute approximate surface area is 106 Å². The number of halogens is 1. The second-order valence-electron chi connectivity index (χ2n) is 3.62. The molecule has 0 aliphatic carbocycles. The van der Waals surface area contributed by atoms with Crippen molar-refractivity contribution in [2.75, 3.05) is 19.7 Å². The van der Waals surface area contributed by atoms with Gasteiger partial charge in [-0.15, -0.1) is 13.2 Å². The van der Waals surface area contributed by atoms with E-state index in [1.165, 1.54) is 24.3 Å². The third-order valence-corrected chi connectivity index (χ3v) is 2.23. The standard InChI is InChI=1S/C14H16FNO2/c1-3-9-16(10-4-2)14(17)11-18-13-7-5-12(15)6-8-13/h3-8H,1-2,9-11H2. The Kier molecular flexibility index (Phi) is 5.64. The molecule has 0 aliphatic heterocycles. The molecule has 0 radical (unpaired) electrons. The van der Waals surface area contributed by atoms with Gasteiger partial charge >= 0.3 is 0 Å². The monoisotopic (exact) mass is 249 g/mol. The molecule has 0 bridgehead atoms. The maximum Gasteiger partial charge on any atom is 0.261 e. The molecule has 0 aromatic heterocycles. The van der Waals surface area contributed by atoms with Gasteiger partial charge in [-0.05, 0) is 24.3 Å². The van der Waals surface area contributed by atoms with Gasteiger partial charge in [0.1, 0.15) is 11.6 Å². The van der Waals surface area contributed by atoms with Crippen LogP contribution in [0.15, 0.2) is 49.6 Å². The van der Waals surface area contributed by atoms with Crippen LogP contribution in [0.2, 0.25) is 0 Å². The number of nitrogens with zero attached hydrogens (tertiary/aromatic N) is 1. The average Bonchev–Trinajstić information content (AvgIpc) is 2.37. The molecule has 0 saturated carbocycles. The number of carbonyl (C=O) groups excluding carboxylic acids is 1. The highest BCUT2D eigenvalue weighted by molar-refractivity contribution is 5.78. The van der Waals surface area contributed by atoms with Crippen molar-refractivity contribution in [3.05, 3.63) is 55.4 Å². The van der Waals surface area contributed by atoms with Crippen molar-refractivity contribution >= 4 is 5.91 Å². The summed E-state index contributed by atoms with van der Waals surface area (Å²) in [6.07, 6.45) is 3.28. The minimum atomic E-state index is -0.339. The molecule has 1 amide bonds. The summed E-state index contributed by atoms with van der Waals surface area (Å²) >= 11 is 0. The molecule has 0 N–H and O–H groups in total. The fourth-order valence-corrected chi connectivity index (χ4v) is 1.36.